The first-order chi connectivity index (χ1) is 9.80. The number of aromatic nitrogens is 2. The second kappa shape index (κ2) is 6.00. The first kappa shape index (κ1) is 15.7. The highest BCUT2D eigenvalue weighted by molar-refractivity contribution is 7.99. The van der Waals surface area contributed by atoms with E-state index in [9.17, 15) is 8.42 Å². The summed E-state index contributed by atoms with van der Waals surface area (Å²) in [5, 5.41) is 0.565. The molecule has 21 heavy (non-hydrogen) atoms. The van der Waals surface area contributed by atoms with Crippen molar-refractivity contribution >= 4 is 27.5 Å². The molecule has 0 fully saturated rings. The van der Waals surface area contributed by atoms with Crippen molar-refractivity contribution in [2.24, 2.45) is 0 Å². The van der Waals surface area contributed by atoms with Crippen molar-refractivity contribution < 1.29 is 8.42 Å². The van der Waals surface area contributed by atoms with Crippen LogP contribution in [0.4, 0.5) is 5.69 Å². The first-order valence-corrected chi connectivity index (χ1v) is 8.35. The van der Waals surface area contributed by atoms with Gasteiger partial charge in [0.2, 0.25) is 10.0 Å². The zero-order chi connectivity index (χ0) is 15.6. The van der Waals surface area contributed by atoms with Crippen LogP contribution in [0.15, 0.2) is 45.5 Å². The van der Waals surface area contributed by atoms with Crippen molar-refractivity contribution in [3.63, 3.8) is 0 Å². The van der Waals surface area contributed by atoms with E-state index < -0.39 is 10.0 Å². The number of nitrogens with zero attached hydrogens (tertiary/aromatic N) is 3. The smallest absolute Gasteiger partial charge is 0.242 e. The minimum atomic E-state index is -3.48. The molecule has 2 aromatic rings. The summed E-state index contributed by atoms with van der Waals surface area (Å²) in [5.41, 5.74) is 7.29. The highest BCUT2D eigenvalue weighted by Gasteiger charge is 2.18. The molecule has 2 rings (SSSR count). The molecule has 1 heterocycles. The number of aryl methyl sites for hydroxylation is 1. The molecule has 0 saturated carbocycles. The van der Waals surface area contributed by atoms with Gasteiger partial charge < -0.3 is 5.73 Å². The van der Waals surface area contributed by atoms with Gasteiger partial charge in [-0.05, 0) is 42.4 Å². The van der Waals surface area contributed by atoms with Crippen LogP contribution < -0.4 is 5.73 Å². The van der Waals surface area contributed by atoms with Crippen molar-refractivity contribution in [3.8, 4) is 0 Å². The van der Waals surface area contributed by atoms with E-state index in [-0.39, 0.29) is 4.90 Å². The molecule has 1 aromatic heterocycles. The molecule has 112 valence electrons. The molecule has 0 spiro atoms. The van der Waals surface area contributed by atoms with Gasteiger partial charge in [-0.25, -0.2) is 22.7 Å². The molecular weight excluding hydrogens is 308 g/mol. The van der Waals surface area contributed by atoms with Gasteiger partial charge in [-0.2, -0.15) is 0 Å². The molecule has 0 amide bonds. The predicted octanol–water partition coefficient (Wildman–Crippen LogP) is 1.77. The molecule has 8 heteroatoms. The maximum absolute atomic E-state index is 12.0. The second-order valence-corrected chi connectivity index (χ2v) is 7.79. The number of nitrogens with two attached hydrogens (primary N) is 1. The van der Waals surface area contributed by atoms with Crippen LogP contribution in [0.5, 0.6) is 0 Å². The zero-order valence-electron chi connectivity index (χ0n) is 11.9. The Morgan fingerprint density at radius 2 is 1.81 bits per heavy atom. The SMILES string of the molecule is Cc1cnc(Sc2ccc(S(=O)(=O)N(C)C)cc2N)nc1. The lowest BCUT2D eigenvalue weighted by Gasteiger charge is -2.13. The van der Waals surface area contributed by atoms with Crippen LogP contribution in [0.2, 0.25) is 0 Å². The first-order valence-electron chi connectivity index (χ1n) is 6.09. The number of benzene rings is 1. The van der Waals surface area contributed by atoms with Gasteiger partial charge in [0.25, 0.3) is 0 Å². The van der Waals surface area contributed by atoms with E-state index in [0.29, 0.717) is 10.8 Å². The van der Waals surface area contributed by atoms with Crippen LogP contribution in [0.25, 0.3) is 0 Å². The van der Waals surface area contributed by atoms with E-state index in [1.807, 2.05) is 6.92 Å². The minimum Gasteiger partial charge on any atom is -0.398 e. The van der Waals surface area contributed by atoms with E-state index in [2.05, 4.69) is 9.97 Å². The Labute approximate surface area is 128 Å². The summed E-state index contributed by atoms with van der Waals surface area (Å²) in [5.74, 6) is 0. The third-order valence-corrected chi connectivity index (χ3v) is 5.51. The molecule has 0 radical (unpaired) electrons. The van der Waals surface area contributed by atoms with E-state index in [1.165, 1.54) is 38.0 Å². The van der Waals surface area contributed by atoms with Gasteiger partial charge in [0, 0.05) is 37.1 Å². The summed E-state index contributed by atoms with van der Waals surface area (Å²) in [7, 11) is -0.521. The van der Waals surface area contributed by atoms with Crippen molar-refractivity contribution in [3.05, 3.63) is 36.2 Å². The van der Waals surface area contributed by atoms with Crippen molar-refractivity contribution in [2.45, 2.75) is 21.9 Å². The Hall–Kier alpha value is -1.64. The largest absolute Gasteiger partial charge is 0.398 e. The molecule has 0 bridgehead atoms. The van der Waals surface area contributed by atoms with Gasteiger partial charge in [-0.3, -0.25) is 0 Å². The molecule has 2 N–H and O–H groups in total. The fourth-order valence-corrected chi connectivity index (χ4v) is 3.18. The summed E-state index contributed by atoms with van der Waals surface area (Å²) >= 11 is 1.29. The van der Waals surface area contributed by atoms with Crippen LogP contribution in [-0.2, 0) is 10.0 Å². The molecule has 0 atom stereocenters. The molecule has 6 nitrogen and oxygen atoms in total. The summed E-state index contributed by atoms with van der Waals surface area (Å²) < 4.78 is 25.2. The Kier molecular flexibility index (Phi) is 4.50. The number of nitrogen functional groups attached to an aromatic ring is 1. The van der Waals surface area contributed by atoms with Crippen molar-refractivity contribution in [1.82, 2.24) is 14.3 Å². The summed E-state index contributed by atoms with van der Waals surface area (Å²) in [6, 6.07) is 4.65. The Balaban J connectivity index is 2.30. The molecule has 0 unspecified atom stereocenters. The molecule has 0 saturated heterocycles. The number of sulfonamides is 1. The normalized spacial score (nSPS) is 11.8. The van der Waals surface area contributed by atoms with Crippen LogP contribution in [-0.4, -0.2) is 36.8 Å². The van der Waals surface area contributed by atoms with E-state index in [1.54, 1.807) is 18.5 Å². The molecule has 0 aliphatic rings. The lowest BCUT2D eigenvalue weighted by molar-refractivity contribution is 0.520. The van der Waals surface area contributed by atoms with E-state index >= 15 is 0 Å². The van der Waals surface area contributed by atoms with Crippen LogP contribution in [0.3, 0.4) is 0 Å². The van der Waals surface area contributed by atoms with Gasteiger partial charge >= 0.3 is 0 Å². The van der Waals surface area contributed by atoms with Gasteiger partial charge in [-0.15, -0.1) is 0 Å². The van der Waals surface area contributed by atoms with Gasteiger partial charge in [0.05, 0.1) is 4.90 Å². The average Bonchev–Trinajstić information content (AvgIpc) is 2.43. The Morgan fingerprint density at radius 1 is 1.19 bits per heavy atom. The summed E-state index contributed by atoms with van der Waals surface area (Å²) in [6.45, 7) is 1.91. The number of hydrogen-bond acceptors (Lipinski definition) is 6. The fourth-order valence-electron chi connectivity index (χ4n) is 1.52. The number of rotatable bonds is 4. The average molecular weight is 324 g/mol. The summed E-state index contributed by atoms with van der Waals surface area (Å²) in [4.78, 5) is 9.25. The third-order valence-electron chi connectivity index (χ3n) is 2.72. The molecule has 0 aliphatic carbocycles. The molecule has 0 aliphatic heterocycles. The topological polar surface area (TPSA) is 89.2 Å². The van der Waals surface area contributed by atoms with Gasteiger partial charge in [0.15, 0.2) is 5.16 Å². The lowest BCUT2D eigenvalue weighted by atomic mass is 10.3. The Bertz CT molecular complexity index is 743. The standard InChI is InChI=1S/C13H16N4O2S2/c1-9-7-15-13(16-8-9)20-12-5-4-10(6-11(12)14)21(18,19)17(2)3/h4-8H,14H2,1-3H3. The van der Waals surface area contributed by atoms with Gasteiger partial charge in [0.1, 0.15) is 0 Å². The maximum atomic E-state index is 12.0. The van der Waals surface area contributed by atoms with Crippen molar-refractivity contribution in [2.75, 3.05) is 19.8 Å². The van der Waals surface area contributed by atoms with Crippen LogP contribution in [0.1, 0.15) is 5.56 Å². The predicted molar refractivity (Wildman–Crippen MR) is 82.6 cm³/mol. The van der Waals surface area contributed by atoms with Crippen molar-refractivity contribution in [1.29, 1.82) is 0 Å². The number of anilines is 1. The van der Waals surface area contributed by atoms with E-state index in [0.717, 1.165) is 14.8 Å². The fraction of sp³-hybridized carbons (Fsp3) is 0.231. The highest BCUT2D eigenvalue weighted by atomic mass is 32.2. The quantitative estimate of drug-likeness (QED) is 0.681. The second-order valence-electron chi connectivity index (χ2n) is 4.63. The van der Waals surface area contributed by atoms with Crippen LogP contribution >= 0.6 is 11.8 Å². The lowest BCUT2D eigenvalue weighted by Crippen LogP contribution is -2.22. The zero-order valence-corrected chi connectivity index (χ0v) is 13.6. The van der Waals surface area contributed by atoms with Crippen LogP contribution in [0, 0.1) is 6.92 Å². The maximum Gasteiger partial charge on any atom is 0.242 e. The third kappa shape index (κ3) is 3.52. The molecular formula is C13H16N4O2S2. The highest BCUT2D eigenvalue weighted by Crippen LogP contribution is 2.31. The monoisotopic (exact) mass is 324 g/mol. The Morgan fingerprint density at radius 3 is 2.33 bits per heavy atom. The molecule has 1 aromatic carbocycles. The number of hydrogen-bond donors (Lipinski definition) is 1. The van der Waals surface area contributed by atoms with Gasteiger partial charge in [-0.1, -0.05) is 0 Å². The summed E-state index contributed by atoms with van der Waals surface area (Å²) in [6.07, 6.45) is 3.44. The minimum absolute atomic E-state index is 0.166. The van der Waals surface area contributed by atoms with E-state index in [4.69, 9.17) is 5.73 Å².